The zero-order valence-corrected chi connectivity index (χ0v) is 32.8. The van der Waals surface area contributed by atoms with Gasteiger partial charge >= 0.3 is 11.9 Å². The summed E-state index contributed by atoms with van der Waals surface area (Å²) in [5.41, 5.74) is 9.50. The van der Waals surface area contributed by atoms with Crippen LogP contribution in [0, 0.1) is 0 Å². The minimum Gasteiger partial charge on any atom is -0.465 e. The molecule has 0 saturated heterocycles. The minimum absolute atomic E-state index is 0.125. The van der Waals surface area contributed by atoms with Gasteiger partial charge in [-0.3, -0.25) is 28.8 Å². The van der Waals surface area contributed by atoms with Crippen molar-refractivity contribution in [3.05, 3.63) is 0 Å². The third kappa shape index (κ3) is 56.3. The Morgan fingerprint density at radius 2 is 0.841 bits per heavy atom. The first-order valence-corrected chi connectivity index (χ1v) is 18.6. The maximum Gasteiger partial charge on any atom is 0.305 e. The number of alkyl halides is 2. The van der Waals surface area contributed by atoms with Crippen LogP contribution in [-0.4, -0.2) is 82.0 Å². The smallest absolute Gasteiger partial charge is 0.305 e. The molecule has 0 aliphatic carbocycles. The number of hydrogen-bond acceptors (Lipinski definition) is 10. The number of rotatable bonds is 15. The van der Waals surface area contributed by atoms with E-state index in [-0.39, 0.29) is 57.3 Å². The summed E-state index contributed by atoms with van der Waals surface area (Å²) in [6.45, 7) is 19.3. The van der Waals surface area contributed by atoms with Gasteiger partial charge in [0.2, 0.25) is 23.6 Å². The number of primary amides is 2. The van der Waals surface area contributed by atoms with E-state index in [1.54, 1.807) is 49.3 Å². The lowest BCUT2D eigenvalue weighted by atomic mass is 10.3. The van der Waals surface area contributed by atoms with Gasteiger partial charge in [0.25, 0.3) is 0 Å². The number of carbonyl (C=O) groups is 6. The highest BCUT2D eigenvalue weighted by atomic mass is 79.9. The summed E-state index contributed by atoms with van der Waals surface area (Å²) in [5.74, 6) is 0.797. The quantitative estimate of drug-likeness (QED) is 0.0785. The monoisotopic (exact) mass is 798 g/mol. The first kappa shape index (κ1) is 52.0. The molecule has 44 heavy (non-hydrogen) atoms. The van der Waals surface area contributed by atoms with Gasteiger partial charge in [0.15, 0.2) is 0 Å². The summed E-state index contributed by atoms with van der Waals surface area (Å²) >= 11 is 5.93. The van der Waals surface area contributed by atoms with Crippen LogP contribution in [0.2, 0.25) is 0 Å². The zero-order chi connectivity index (χ0) is 35.7. The van der Waals surface area contributed by atoms with Gasteiger partial charge in [0.05, 0.1) is 9.65 Å². The van der Waals surface area contributed by atoms with E-state index in [2.05, 4.69) is 42.5 Å². The van der Waals surface area contributed by atoms with Crippen molar-refractivity contribution in [2.45, 2.75) is 117 Å². The van der Waals surface area contributed by atoms with E-state index in [9.17, 15) is 28.8 Å². The highest BCUT2D eigenvalue weighted by Gasteiger charge is 2.01. The SMILES string of the molecule is CC(Br)C(N)=O.CC(Br)C(N)=O.CCC(=O)NC(C)C.CCC(=O)NC(C)C.CCC(=O)OCCSSCCOC(=O)CC. The average Bonchev–Trinajstić information content (AvgIpc) is 2.94. The Balaban J connectivity index is -0.000000154. The number of ether oxygens (including phenoxy) is 2. The van der Waals surface area contributed by atoms with Gasteiger partial charge in [-0.1, -0.05) is 81.1 Å². The van der Waals surface area contributed by atoms with Crippen molar-refractivity contribution in [3.63, 3.8) is 0 Å². The molecule has 0 aromatic rings. The predicted octanol–water partition coefficient (Wildman–Crippen LogP) is 4.63. The number of amides is 4. The standard InChI is InChI=1S/C10H18O4S2.2C6H13NO.2C3H6BrNO/c1-3-9(11)13-5-7-15-16-8-6-14-10(12)4-2;2*1-4-6(8)7-5(2)3;2*1-2(4)3(5)6/h3-8H2,1-2H3;2*5H,4H2,1-3H3,(H,7,8);2*2H,1H3,(H2,5,6). The number of halogens is 2. The zero-order valence-electron chi connectivity index (χ0n) is 28.0. The number of nitrogens with one attached hydrogen (secondary N) is 2. The van der Waals surface area contributed by atoms with E-state index in [4.69, 9.17) is 20.9 Å². The van der Waals surface area contributed by atoms with Crippen LogP contribution >= 0.6 is 53.4 Å². The molecule has 0 fully saturated rings. The molecular formula is C28H56Br2N4O8S2. The Bertz CT molecular complexity index is 714. The molecule has 0 aliphatic heterocycles. The highest BCUT2D eigenvalue weighted by Crippen LogP contribution is 2.20. The Kier molecular flexibility index (Phi) is 44.5. The minimum atomic E-state index is -0.324. The lowest BCUT2D eigenvalue weighted by Crippen LogP contribution is -2.29. The van der Waals surface area contributed by atoms with Crippen molar-refractivity contribution in [1.29, 1.82) is 0 Å². The number of nitrogens with two attached hydrogens (primary N) is 2. The van der Waals surface area contributed by atoms with Crippen LogP contribution in [0.1, 0.15) is 94.9 Å². The lowest BCUT2D eigenvalue weighted by Gasteiger charge is -2.04. The summed E-state index contributed by atoms with van der Waals surface area (Å²) in [6.07, 6.45) is 2.01. The molecule has 0 radical (unpaired) electrons. The van der Waals surface area contributed by atoms with Crippen LogP contribution in [0.5, 0.6) is 0 Å². The summed E-state index contributed by atoms with van der Waals surface area (Å²) in [4.78, 5) is 61.9. The molecular weight excluding hydrogens is 744 g/mol. The van der Waals surface area contributed by atoms with Crippen LogP contribution in [0.4, 0.5) is 0 Å². The maximum absolute atomic E-state index is 10.8. The molecule has 0 aromatic carbocycles. The van der Waals surface area contributed by atoms with Crippen molar-refractivity contribution in [1.82, 2.24) is 10.6 Å². The molecule has 4 amide bonds. The van der Waals surface area contributed by atoms with Crippen LogP contribution in [0.25, 0.3) is 0 Å². The number of carbonyl (C=O) groups excluding carboxylic acids is 6. The fourth-order valence-electron chi connectivity index (χ4n) is 1.55. The molecule has 0 saturated carbocycles. The van der Waals surface area contributed by atoms with E-state index in [0.717, 1.165) is 11.5 Å². The third-order valence-electron chi connectivity index (χ3n) is 3.85. The number of esters is 2. The molecule has 262 valence electrons. The summed E-state index contributed by atoms with van der Waals surface area (Å²) < 4.78 is 9.79. The molecule has 0 heterocycles. The highest BCUT2D eigenvalue weighted by molar-refractivity contribution is 9.10. The van der Waals surface area contributed by atoms with Crippen molar-refractivity contribution in [3.8, 4) is 0 Å². The second-order valence-electron chi connectivity index (χ2n) is 8.98. The van der Waals surface area contributed by atoms with Gasteiger partial charge in [0, 0.05) is 49.3 Å². The maximum atomic E-state index is 10.8. The van der Waals surface area contributed by atoms with Gasteiger partial charge in [-0.25, -0.2) is 0 Å². The molecule has 16 heteroatoms. The molecule has 12 nitrogen and oxygen atoms in total. The molecule has 0 aromatic heterocycles. The van der Waals surface area contributed by atoms with Crippen molar-refractivity contribution in [2.24, 2.45) is 11.5 Å². The van der Waals surface area contributed by atoms with E-state index in [1.165, 1.54) is 0 Å². The second kappa shape index (κ2) is 37.7. The van der Waals surface area contributed by atoms with Crippen LogP contribution in [-0.2, 0) is 38.2 Å². The van der Waals surface area contributed by atoms with E-state index in [1.807, 2.05) is 41.5 Å². The normalized spacial score (nSPS) is 10.8. The van der Waals surface area contributed by atoms with E-state index >= 15 is 0 Å². The molecule has 0 spiro atoms. The Hall–Kier alpha value is -1.52. The third-order valence-corrected chi connectivity index (χ3v) is 7.08. The van der Waals surface area contributed by atoms with Crippen molar-refractivity contribution < 1.29 is 38.2 Å². The molecule has 0 rings (SSSR count). The lowest BCUT2D eigenvalue weighted by molar-refractivity contribution is -0.143. The average molecular weight is 801 g/mol. The van der Waals surface area contributed by atoms with Crippen molar-refractivity contribution in [2.75, 3.05) is 24.7 Å². The fraction of sp³-hybridized carbons (Fsp3) is 0.786. The van der Waals surface area contributed by atoms with E-state index in [0.29, 0.717) is 38.9 Å². The molecule has 2 atom stereocenters. The fourth-order valence-corrected chi connectivity index (χ4v) is 3.20. The summed E-state index contributed by atoms with van der Waals surface area (Å²) in [7, 11) is 3.23. The Morgan fingerprint density at radius 1 is 0.591 bits per heavy atom. The summed E-state index contributed by atoms with van der Waals surface area (Å²) in [5, 5.41) is 5.51. The second-order valence-corrected chi connectivity index (χ2v) is 14.4. The topological polar surface area (TPSA) is 197 Å². The van der Waals surface area contributed by atoms with Gasteiger partial charge in [-0.2, -0.15) is 0 Å². The first-order chi connectivity index (χ1) is 20.3. The van der Waals surface area contributed by atoms with Gasteiger partial charge < -0.3 is 31.6 Å². The van der Waals surface area contributed by atoms with E-state index < -0.39 is 0 Å². The molecule has 6 N–H and O–H groups in total. The summed E-state index contributed by atoms with van der Waals surface area (Å²) in [6, 6.07) is 0.560. The Morgan fingerprint density at radius 3 is 0.977 bits per heavy atom. The molecule has 2 unspecified atom stereocenters. The largest absolute Gasteiger partial charge is 0.465 e. The van der Waals surface area contributed by atoms with Crippen LogP contribution in [0.3, 0.4) is 0 Å². The molecule has 0 bridgehead atoms. The molecule has 0 aliphatic rings. The first-order valence-electron chi connectivity index (χ1n) is 14.3. The van der Waals surface area contributed by atoms with Crippen LogP contribution < -0.4 is 22.1 Å². The van der Waals surface area contributed by atoms with Crippen LogP contribution in [0.15, 0.2) is 0 Å². The van der Waals surface area contributed by atoms with Gasteiger partial charge in [-0.05, 0) is 41.5 Å². The van der Waals surface area contributed by atoms with Gasteiger partial charge in [-0.15, -0.1) is 0 Å². The number of hydrogen-bond donors (Lipinski definition) is 4. The Labute approximate surface area is 289 Å². The van der Waals surface area contributed by atoms with Crippen molar-refractivity contribution >= 4 is 89.0 Å². The van der Waals surface area contributed by atoms with Gasteiger partial charge in [0.1, 0.15) is 13.2 Å². The predicted molar refractivity (Wildman–Crippen MR) is 190 cm³/mol.